The molecule has 1 aliphatic carbocycles. The van der Waals surface area contributed by atoms with E-state index in [2.05, 4.69) is 11.4 Å². The maximum Gasteiger partial charge on any atom is 0.220 e. The van der Waals surface area contributed by atoms with Crippen LogP contribution < -0.4 is 10.1 Å². The average molecular weight is 418 g/mol. The molecule has 5 heteroatoms. The van der Waals surface area contributed by atoms with E-state index in [1.165, 1.54) is 19.3 Å². The molecule has 28 heavy (non-hydrogen) atoms. The summed E-state index contributed by atoms with van der Waals surface area (Å²) >= 11 is 12.0. The predicted octanol–water partition coefficient (Wildman–Crippen LogP) is 6.27. The maximum atomic E-state index is 12.7. The maximum absolute atomic E-state index is 12.7. The largest absolute Gasteiger partial charge is 0.487 e. The van der Waals surface area contributed by atoms with Crippen LogP contribution in [0.3, 0.4) is 0 Å². The molecule has 1 atom stereocenters. The molecule has 148 valence electrons. The molecular weight excluding hydrogens is 393 g/mol. The van der Waals surface area contributed by atoms with Crippen molar-refractivity contribution in [2.45, 2.75) is 63.0 Å². The number of nitrogens with one attached hydrogen (secondary N) is 1. The average Bonchev–Trinajstić information content (AvgIpc) is 2.69. The molecule has 1 heterocycles. The first-order valence-electron chi connectivity index (χ1n) is 10.1. The van der Waals surface area contributed by atoms with E-state index in [0.29, 0.717) is 22.9 Å². The van der Waals surface area contributed by atoms with Crippen LogP contribution in [0.25, 0.3) is 0 Å². The van der Waals surface area contributed by atoms with Crippen LogP contribution in [-0.4, -0.2) is 11.5 Å². The Hall–Kier alpha value is -1.71. The Bertz CT molecular complexity index is 861. The summed E-state index contributed by atoms with van der Waals surface area (Å²) in [6.45, 7) is 0. The second-order valence-corrected chi connectivity index (χ2v) is 8.77. The van der Waals surface area contributed by atoms with E-state index in [0.717, 1.165) is 36.1 Å². The molecule has 2 aromatic carbocycles. The highest BCUT2D eigenvalue weighted by molar-refractivity contribution is 6.42. The molecule has 1 amide bonds. The third kappa shape index (κ3) is 4.31. The van der Waals surface area contributed by atoms with Gasteiger partial charge in [0.2, 0.25) is 5.91 Å². The summed E-state index contributed by atoms with van der Waals surface area (Å²) in [7, 11) is 0. The zero-order valence-electron chi connectivity index (χ0n) is 15.8. The van der Waals surface area contributed by atoms with E-state index in [9.17, 15) is 4.79 Å². The first-order chi connectivity index (χ1) is 13.5. The summed E-state index contributed by atoms with van der Waals surface area (Å²) in [6, 6.07) is 13.6. The minimum absolute atomic E-state index is 0.00403. The van der Waals surface area contributed by atoms with Crippen molar-refractivity contribution in [3.8, 4) is 5.75 Å². The molecule has 2 aromatic rings. The van der Waals surface area contributed by atoms with E-state index in [-0.39, 0.29) is 17.6 Å². The van der Waals surface area contributed by atoms with Gasteiger partial charge in [0.15, 0.2) is 0 Å². The standard InChI is InChI=1S/C23H25Cl2NO2/c24-18-10-8-16(14-19(18)25)9-11-22(27)26-20-15-23(12-4-1-5-13-23)28-21-7-3-2-6-17(20)21/h2-3,6-8,10,14,20H,1,4-5,9,11-13,15H2,(H,26,27)/t20-/m1/s1. The van der Waals surface area contributed by atoms with Crippen molar-refractivity contribution in [3.05, 3.63) is 63.6 Å². The molecule has 1 saturated carbocycles. The lowest BCUT2D eigenvalue weighted by Gasteiger charge is -2.44. The van der Waals surface area contributed by atoms with E-state index >= 15 is 0 Å². The van der Waals surface area contributed by atoms with Crippen molar-refractivity contribution < 1.29 is 9.53 Å². The zero-order chi connectivity index (χ0) is 19.6. The van der Waals surface area contributed by atoms with Crippen LogP contribution in [-0.2, 0) is 11.2 Å². The van der Waals surface area contributed by atoms with Gasteiger partial charge >= 0.3 is 0 Å². The van der Waals surface area contributed by atoms with E-state index in [1.54, 1.807) is 6.07 Å². The van der Waals surface area contributed by atoms with Crippen molar-refractivity contribution in [2.75, 3.05) is 0 Å². The van der Waals surface area contributed by atoms with Crippen molar-refractivity contribution in [2.24, 2.45) is 0 Å². The number of fused-ring (bicyclic) bond motifs is 1. The molecule has 0 unspecified atom stereocenters. The molecule has 0 bridgehead atoms. The summed E-state index contributed by atoms with van der Waals surface area (Å²) in [6.07, 6.45) is 7.70. The van der Waals surface area contributed by atoms with Crippen LogP contribution in [0.1, 0.15) is 62.1 Å². The minimum Gasteiger partial charge on any atom is -0.487 e. The van der Waals surface area contributed by atoms with Gasteiger partial charge in [-0.3, -0.25) is 4.79 Å². The fraction of sp³-hybridized carbons (Fsp3) is 0.435. The van der Waals surface area contributed by atoms with Gasteiger partial charge < -0.3 is 10.1 Å². The Morgan fingerprint density at radius 2 is 1.86 bits per heavy atom. The van der Waals surface area contributed by atoms with Crippen molar-refractivity contribution in [1.29, 1.82) is 0 Å². The van der Waals surface area contributed by atoms with Gasteiger partial charge in [-0.05, 0) is 55.9 Å². The first-order valence-corrected chi connectivity index (χ1v) is 10.8. The molecule has 0 aromatic heterocycles. The molecule has 1 spiro atoms. The highest BCUT2D eigenvalue weighted by Gasteiger charge is 2.42. The fourth-order valence-corrected chi connectivity index (χ4v) is 4.79. The van der Waals surface area contributed by atoms with Gasteiger partial charge in [0.1, 0.15) is 11.4 Å². The Morgan fingerprint density at radius 3 is 2.64 bits per heavy atom. The third-order valence-corrected chi connectivity index (χ3v) is 6.66. The molecule has 1 aliphatic heterocycles. The number of aryl methyl sites for hydroxylation is 1. The van der Waals surface area contributed by atoms with Crippen LogP contribution >= 0.6 is 23.2 Å². The number of carbonyl (C=O) groups excluding carboxylic acids is 1. The van der Waals surface area contributed by atoms with Crippen molar-refractivity contribution >= 4 is 29.1 Å². The number of hydrogen-bond donors (Lipinski definition) is 1. The lowest BCUT2D eigenvalue weighted by molar-refractivity contribution is -0.122. The van der Waals surface area contributed by atoms with Gasteiger partial charge in [0, 0.05) is 18.4 Å². The SMILES string of the molecule is O=C(CCc1ccc(Cl)c(Cl)c1)N[C@@H]1CC2(CCCCC2)Oc2ccccc21. The Labute approximate surface area is 176 Å². The normalized spacial score (nSPS) is 20.3. The summed E-state index contributed by atoms with van der Waals surface area (Å²) in [5.41, 5.74) is 1.97. The number of carbonyl (C=O) groups is 1. The van der Waals surface area contributed by atoms with Gasteiger partial charge in [0.25, 0.3) is 0 Å². The number of hydrogen-bond acceptors (Lipinski definition) is 2. The predicted molar refractivity (Wildman–Crippen MR) is 113 cm³/mol. The van der Waals surface area contributed by atoms with Crippen LogP contribution in [0, 0.1) is 0 Å². The van der Waals surface area contributed by atoms with Gasteiger partial charge in [0.05, 0.1) is 16.1 Å². The second-order valence-electron chi connectivity index (χ2n) is 7.96. The zero-order valence-corrected chi connectivity index (χ0v) is 17.4. The third-order valence-electron chi connectivity index (χ3n) is 5.92. The second kappa shape index (κ2) is 8.34. The molecule has 4 rings (SSSR count). The van der Waals surface area contributed by atoms with Crippen LogP contribution in [0.4, 0.5) is 0 Å². The van der Waals surface area contributed by atoms with Gasteiger partial charge in [-0.25, -0.2) is 0 Å². The number of amides is 1. The van der Waals surface area contributed by atoms with E-state index < -0.39 is 0 Å². The molecule has 0 radical (unpaired) electrons. The van der Waals surface area contributed by atoms with Gasteiger partial charge in [-0.15, -0.1) is 0 Å². The first kappa shape index (κ1) is 19.6. The summed E-state index contributed by atoms with van der Waals surface area (Å²) in [5.74, 6) is 0.976. The molecule has 2 aliphatic rings. The summed E-state index contributed by atoms with van der Waals surface area (Å²) in [4.78, 5) is 12.7. The number of rotatable bonds is 4. The Balaban J connectivity index is 1.44. The Morgan fingerprint density at radius 1 is 1.07 bits per heavy atom. The number of benzene rings is 2. The summed E-state index contributed by atoms with van der Waals surface area (Å²) < 4.78 is 6.45. The van der Waals surface area contributed by atoms with Crippen molar-refractivity contribution in [3.63, 3.8) is 0 Å². The lowest BCUT2D eigenvalue weighted by Crippen LogP contribution is -2.46. The molecule has 0 saturated heterocycles. The summed E-state index contributed by atoms with van der Waals surface area (Å²) in [5, 5.41) is 4.32. The van der Waals surface area contributed by atoms with E-state index in [4.69, 9.17) is 27.9 Å². The smallest absolute Gasteiger partial charge is 0.220 e. The molecular formula is C23H25Cl2NO2. The van der Waals surface area contributed by atoms with Crippen molar-refractivity contribution in [1.82, 2.24) is 5.32 Å². The molecule has 3 nitrogen and oxygen atoms in total. The van der Waals surface area contributed by atoms with Crippen LogP contribution in [0.2, 0.25) is 10.0 Å². The number of halogens is 2. The van der Waals surface area contributed by atoms with Crippen LogP contribution in [0.5, 0.6) is 5.75 Å². The van der Waals surface area contributed by atoms with Gasteiger partial charge in [-0.1, -0.05) is 53.9 Å². The lowest BCUT2D eigenvalue weighted by atomic mass is 9.77. The molecule has 1 N–H and O–H groups in total. The highest BCUT2D eigenvalue weighted by atomic mass is 35.5. The minimum atomic E-state index is -0.131. The van der Waals surface area contributed by atoms with Gasteiger partial charge in [-0.2, -0.15) is 0 Å². The number of para-hydroxylation sites is 1. The van der Waals surface area contributed by atoms with E-state index in [1.807, 2.05) is 30.3 Å². The monoisotopic (exact) mass is 417 g/mol. The molecule has 1 fully saturated rings. The number of ether oxygens (including phenoxy) is 1. The van der Waals surface area contributed by atoms with Crippen LogP contribution in [0.15, 0.2) is 42.5 Å². The highest BCUT2D eigenvalue weighted by Crippen LogP contribution is 2.46. The fourth-order valence-electron chi connectivity index (χ4n) is 4.47. The Kier molecular flexibility index (Phi) is 5.84. The quantitative estimate of drug-likeness (QED) is 0.636. The topological polar surface area (TPSA) is 38.3 Å².